The lowest BCUT2D eigenvalue weighted by molar-refractivity contribution is -0.194. The van der Waals surface area contributed by atoms with Gasteiger partial charge in [-0.15, -0.1) is 0 Å². The summed E-state index contributed by atoms with van der Waals surface area (Å²) in [5.74, 6) is -1.07. The number of carbonyl (C=O) groups excluding carboxylic acids is 1. The zero-order chi connectivity index (χ0) is 15.2. The Balaban J connectivity index is 2.12. The Kier molecular flexibility index (Phi) is 6.88. The lowest BCUT2D eigenvalue weighted by Gasteiger charge is -2.26. The minimum Gasteiger partial charge on any atom is -0.466 e. The largest absolute Gasteiger partial charge is 0.466 e. The smallest absolute Gasteiger partial charge is 0.305 e. The van der Waals surface area contributed by atoms with Gasteiger partial charge in [0.05, 0.1) is 19.3 Å². The van der Waals surface area contributed by atoms with Crippen molar-refractivity contribution >= 4 is 5.97 Å². The van der Waals surface area contributed by atoms with E-state index >= 15 is 0 Å². The van der Waals surface area contributed by atoms with Crippen molar-refractivity contribution in [2.75, 3.05) is 33.9 Å². The molecular weight excluding hydrogens is 260 g/mol. The third-order valence-electron chi connectivity index (χ3n) is 3.34. The van der Waals surface area contributed by atoms with Crippen molar-refractivity contribution in [3.63, 3.8) is 0 Å². The molecule has 1 aliphatic heterocycles. The molecule has 1 rings (SSSR count). The summed E-state index contributed by atoms with van der Waals surface area (Å²) in [7, 11) is 3.97. The minimum atomic E-state index is -1.000. The van der Waals surface area contributed by atoms with Crippen molar-refractivity contribution in [2.24, 2.45) is 11.7 Å². The second kappa shape index (κ2) is 7.93. The fourth-order valence-corrected chi connectivity index (χ4v) is 1.91. The maximum atomic E-state index is 11.5. The van der Waals surface area contributed by atoms with E-state index in [1.165, 1.54) is 0 Å². The molecule has 20 heavy (non-hydrogen) atoms. The van der Waals surface area contributed by atoms with E-state index in [1.807, 2.05) is 32.8 Å². The van der Waals surface area contributed by atoms with Gasteiger partial charge >= 0.3 is 5.97 Å². The predicted octanol–water partition coefficient (Wildman–Crippen LogP) is 0.945. The first kappa shape index (κ1) is 17.4. The van der Waals surface area contributed by atoms with Gasteiger partial charge in [0.25, 0.3) is 0 Å². The molecule has 1 fully saturated rings. The van der Waals surface area contributed by atoms with Gasteiger partial charge in [-0.05, 0) is 27.1 Å². The summed E-state index contributed by atoms with van der Waals surface area (Å²) in [5.41, 5.74) is 5.96. The molecule has 1 saturated heterocycles. The number of nitrogens with zero attached hydrogens (tertiary/aromatic N) is 1. The van der Waals surface area contributed by atoms with Crippen LogP contribution in [0.15, 0.2) is 0 Å². The topological polar surface area (TPSA) is 74.0 Å². The molecule has 0 saturated carbocycles. The second-order valence-corrected chi connectivity index (χ2v) is 5.84. The molecule has 0 spiro atoms. The van der Waals surface area contributed by atoms with E-state index < -0.39 is 5.91 Å². The Labute approximate surface area is 121 Å². The number of carbonyl (C=O) groups is 1. The van der Waals surface area contributed by atoms with Crippen molar-refractivity contribution in [3.05, 3.63) is 0 Å². The molecule has 6 nitrogen and oxygen atoms in total. The van der Waals surface area contributed by atoms with Crippen LogP contribution in [0.25, 0.3) is 0 Å². The number of hydrogen-bond donors (Lipinski definition) is 1. The van der Waals surface area contributed by atoms with Crippen LogP contribution in [-0.2, 0) is 19.0 Å². The van der Waals surface area contributed by atoms with Gasteiger partial charge in [0.15, 0.2) is 0 Å². The van der Waals surface area contributed by atoms with Crippen molar-refractivity contribution in [1.29, 1.82) is 0 Å². The first-order valence-corrected chi connectivity index (χ1v) is 7.24. The van der Waals surface area contributed by atoms with E-state index in [0.717, 1.165) is 13.0 Å². The molecule has 6 heteroatoms. The molecule has 1 aliphatic rings. The van der Waals surface area contributed by atoms with Crippen molar-refractivity contribution in [2.45, 2.75) is 45.1 Å². The van der Waals surface area contributed by atoms with E-state index in [4.69, 9.17) is 19.9 Å². The van der Waals surface area contributed by atoms with E-state index in [0.29, 0.717) is 26.1 Å². The molecule has 0 aromatic rings. The fourth-order valence-electron chi connectivity index (χ4n) is 1.91. The van der Waals surface area contributed by atoms with Crippen LogP contribution >= 0.6 is 0 Å². The van der Waals surface area contributed by atoms with E-state index in [9.17, 15) is 4.79 Å². The van der Waals surface area contributed by atoms with Gasteiger partial charge in [-0.25, -0.2) is 0 Å². The lowest BCUT2D eigenvalue weighted by atomic mass is 10.1. The summed E-state index contributed by atoms with van der Waals surface area (Å²) in [6, 6.07) is 0. The predicted molar refractivity (Wildman–Crippen MR) is 75.9 cm³/mol. The second-order valence-electron chi connectivity index (χ2n) is 5.84. The van der Waals surface area contributed by atoms with Gasteiger partial charge in [0.1, 0.15) is 0 Å². The monoisotopic (exact) mass is 288 g/mol. The van der Waals surface area contributed by atoms with Crippen LogP contribution < -0.4 is 5.73 Å². The summed E-state index contributed by atoms with van der Waals surface area (Å²) in [6.07, 6.45) is 1.78. The summed E-state index contributed by atoms with van der Waals surface area (Å²) < 4.78 is 16.3. The first-order valence-electron chi connectivity index (χ1n) is 7.24. The third kappa shape index (κ3) is 5.75. The van der Waals surface area contributed by atoms with Crippen LogP contribution in [0.4, 0.5) is 0 Å². The molecule has 0 radical (unpaired) electrons. The Morgan fingerprint density at radius 1 is 1.50 bits per heavy atom. The van der Waals surface area contributed by atoms with Crippen LogP contribution in [0, 0.1) is 5.92 Å². The van der Waals surface area contributed by atoms with Gasteiger partial charge in [-0.1, -0.05) is 13.8 Å². The summed E-state index contributed by atoms with van der Waals surface area (Å²) in [5, 5.41) is 0. The Bertz CT molecular complexity index is 310. The number of ether oxygens (including phenoxy) is 3. The number of hydrogen-bond acceptors (Lipinski definition) is 6. The van der Waals surface area contributed by atoms with Crippen LogP contribution in [0.5, 0.6) is 0 Å². The highest BCUT2D eigenvalue weighted by molar-refractivity contribution is 5.69. The molecule has 2 N–H and O–H groups in total. The highest BCUT2D eigenvalue weighted by Gasteiger charge is 2.40. The van der Waals surface area contributed by atoms with E-state index in [-0.39, 0.29) is 18.0 Å². The zero-order valence-corrected chi connectivity index (χ0v) is 13.1. The average Bonchev–Trinajstić information content (AvgIpc) is 2.72. The molecule has 0 aliphatic carbocycles. The molecule has 0 aromatic carbocycles. The summed E-state index contributed by atoms with van der Waals surface area (Å²) in [4.78, 5) is 13.5. The lowest BCUT2D eigenvalue weighted by Crippen LogP contribution is -2.46. The summed E-state index contributed by atoms with van der Waals surface area (Å²) in [6.45, 7) is 5.59. The molecule has 2 unspecified atom stereocenters. The SMILES string of the molecule is CC(C)C1(N)OCC(CCOC(=O)CCCN(C)C)O1. The van der Waals surface area contributed by atoms with Gasteiger partial charge in [-0.3, -0.25) is 10.5 Å². The Hall–Kier alpha value is -0.690. The standard InChI is InChI=1S/C14H28N2O4/c1-11(2)14(15)19-10-12(20-14)7-9-18-13(17)6-5-8-16(3)4/h11-12H,5-10,15H2,1-4H3. The van der Waals surface area contributed by atoms with Gasteiger partial charge in [0.2, 0.25) is 5.91 Å². The van der Waals surface area contributed by atoms with Gasteiger partial charge < -0.3 is 19.1 Å². The number of nitrogens with two attached hydrogens (primary N) is 1. The van der Waals surface area contributed by atoms with Gasteiger partial charge in [0, 0.05) is 18.8 Å². The normalized spacial score (nSPS) is 26.4. The quantitative estimate of drug-likeness (QED) is 0.670. The highest BCUT2D eigenvalue weighted by Crippen LogP contribution is 2.27. The minimum absolute atomic E-state index is 0.0843. The molecule has 0 amide bonds. The van der Waals surface area contributed by atoms with Crippen LogP contribution in [-0.4, -0.2) is 56.7 Å². The Morgan fingerprint density at radius 3 is 2.75 bits per heavy atom. The van der Waals surface area contributed by atoms with E-state index in [1.54, 1.807) is 0 Å². The molecule has 1 heterocycles. The highest BCUT2D eigenvalue weighted by atomic mass is 16.8. The van der Waals surface area contributed by atoms with Crippen molar-refractivity contribution < 1.29 is 19.0 Å². The zero-order valence-electron chi connectivity index (χ0n) is 13.1. The molecule has 118 valence electrons. The molecular formula is C14H28N2O4. The van der Waals surface area contributed by atoms with Crippen molar-refractivity contribution in [3.8, 4) is 0 Å². The Morgan fingerprint density at radius 2 is 2.20 bits per heavy atom. The van der Waals surface area contributed by atoms with Crippen LogP contribution in [0.1, 0.15) is 33.1 Å². The van der Waals surface area contributed by atoms with Crippen LogP contribution in [0.3, 0.4) is 0 Å². The molecule has 0 bridgehead atoms. The van der Waals surface area contributed by atoms with E-state index in [2.05, 4.69) is 0 Å². The van der Waals surface area contributed by atoms with Crippen LogP contribution in [0.2, 0.25) is 0 Å². The van der Waals surface area contributed by atoms with Gasteiger partial charge in [-0.2, -0.15) is 0 Å². The maximum absolute atomic E-state index is 11.5. The first-order chi connectivity index (χ1) is 9.33. The average molecular weight is 288 g/mol. The van der Waals surface area contributed by atoms with Crippen molar-refractivity contribution in [1.82, 2.24) is 4.90 Å². The number of rotatable bonds is 8. The molecule has 0 aromatic heterocycles. The fraction of sp³-hybridized carbons (Fsp3) is 0.929. The molecule has 2 atom stereocenters. The maximum Gasteiger partial charge on any atom is 0.305 e. The number of esters is 1. The summed E-state index contributed by atoms with van der Waals surface area (Å²) >= 11 is 0. The third-order valence-corrected chi connectivity index (χ3v) is 3.34.